The molecule has 0 bridgehead atoms. The number of halogens is 6. The lowest BCUT2D eigenvalue weighted by Crippen LogP contribution is -2.01. The summed E-state index contributed by atoms with van der Waals surface area (Å²) >= 11 is 2.99. The van der Waals surface area contributed by atoms with Gasteiger partial charge in [-0.15, -0.1) is 0 Å². The molecule has 162 valence electrons. The van der Waals surface area contributed by atoms with E-state index < -0.39 is 40.2 Å². The third kappa shape index (κ3) is 4.25. The van der Waals surface area contributed by atoms with Gasteiger partial charge in [-0.05, 0) is 51.3 Å². The van der Waals surface area contributed by atoms with Gasteiger partial charge in [0.1, 0.15) is 12.4 Å². The highest BCUT2D eigenvalue weighted by atomic mass is 79.9. The van der Waals surface area contributed by atoms with E-state index in [1.165, 1.54) is 18.2 Å². The fourth-order valence-corrected chi connectivity index (χ4v) is 3.48. The van der Waals surface area contributed by atoms with Crippen molar-refractivity contribution in [1.29, 1.82) is 0 Å². The molecule has 4 rings (SSSR count). The Morgan fingerprint density at radius 1 is 0.625 bits per heavy atom. The normalized spacial score (nSPS) is 10.9. The van der Waals surface area contributed by atoms with E-state index in [0.29, 0.717) is 0 Å². The van der Waals surface area contributed by atoms with Gasteiger partial charge in [0.05, 0.1) is 4.47 Å². The van der Waals surface area contributed by atoms with Gasteiger partial charge in [0.25, 0.3) is 0 Å². The first kappa shape index (κ1) is 22.0. The maximum Gasteiger partial charge on any atom is 0.201 e. The fraction of sp³-hybridized carbons (Fsp3) is 0.0400. The molecule has 0 N–H and O–H groups in total. The maximum absolute atomic E-state index is 14.8. The predicted octanol–water partition coefficient (Wildman–Crippen LogP) is 8.06. The van der Waals surface area contributed by atoms with E-state index in [1.807, 2.05) is 6.07 Å². The average Bonchev–Trinajstić information content (AvgIpc) is 2.80. The Morgan fingerprint density at radius 3 is 1.91 bits per heavy atom. The first-order chi connectivity index (χ1) is 15.4. The smallest absolute Gasteiger partial charge is 0.201 e. The number of hydrogen-bond donors (Lipinski definition) is 0. The van der Waals surface area contributed by atoms with Crippen molar-refractivity contribution >= 4 is 15.9 Å². The molecule has 4 aromatic rings. The molecule has 4 aromatic carbocycles. The summed E-state index contributed by atoms with van der Waals surface area (Å²) in [4.78, 5) is 0. The van der Waals surface area contributed by atoms with Gasteiger partial charge >= 0.3 is 0 Å². The first-order valence-electron chi connectivity index (χ1n) is 9.45. The van der Waals surface area contributed by atoms with Crippen LogP contribution < -0.4 is 4.74 Å². The van der Waals surface area contributed by atoms with Gasteiger partial charge in [0.2, 0.25) is 5.82 Å². The van der Waals surface area contributed by atoms with Gasteiger partial charge in [-0.1, -0.05) is 48.5 Å². The third-order valence-electron chi connectivity index (χ3n) is 4.89. The molecular formula is C25H14BrF5O. The molecule has 32 heavy (non-hydrogen) atoms. The quantitative estimate of drug-likeness (QED) is 0.250. The minimum atomic E-state index is -1.37. The van der Waals surface area contributed by atoms with Gasteiger partial charge in [-0.3, -0.25) is 0 Å². The van der Waals surface area contributed by atoms with Crippen LogP contribution in [0.3, 0.4) is 0 Å². The first-order valence-corrected chi connectivity index (χ1v) is 10.2. The van der Waals surface area contributed by atoms with Crippen LogP contribution in [0.5, 0.6) is 5.75 Å². The summed E-state index contributed by atoms with van der Waals surface area (Å²) in [6, 6.07) is 17.3. The van der Waals surface area contributed by atoms with Crippen LogP contribution in [-0.2, 0) is 6.61 Å². The Labute approximate surface area is 189 Å². The van der Waals surface area contributed by atoms with E-state index in [4.69, 9.17) is 4.74 Å². The van der Waals surface area contributed by atoms with Crippen molar-refractivity contribution in [1.82, 2.24) is 0 Å². The van der Waals surface area contributed by atoms with Crippen molar-refractivity contribution < 1.29 is 26.7 Å². The van der Waals surface area contributed by atoms with Gasteiger partial charge in [-0.2, -0.15) is 4.39 Å². The summed E-state index contributed by atoms with van der Waals surface area (Å²) in [6.07, 6.45) is 0. The Kier molecular flexibility index (Phi) is 6.28. The van der Waals surface area contributed by atoms with Crippen LogP contribution in [0.1, 0.15) is 5.56 Å². The van der Waals surface area contributed by atoms with Crippen LogP contribution in [0.15, 0.2) is 77.3 Å². The molecule has 1 nitrogen and oxygen atoms in total. The topological polar surface area (TPSA) is 9.23 Å². The van der Waals surface area contributed by atoms with Gasteiger partial charge in [0, 0.05) is 16.7 Å². The maximum atomic E-state index is 14.8. The largest absolute Gasteiger partial charge is 0.486 e. The van der Waals surface area contributed by atoms with Crippen molar-refractivity contribution in [3.8, 4) is 28.0 Å². The molecule has 0 heterocycles. The highest BCUT2D eigenvalue weighted by Crippen LogP contribution is 2.36. The lowest BCUT2D eigenvalue weighted by atomic mass is 9.98. The highest BCUT2D eigenvalue weighted by molar-refractivity contribution is 9.10. The lowest BCUT2D eigenvalue weighted by Gasteiger charge is -2.13. The molecule has 0 spiro atoms. The molecule has 0 saturated heterocycles. The molecule has 0 aliphatic rings. The molecule has 0 atom stereocenters. The van der Waals surface area contributed by atoms with Gasteiger partial charge in [-0.25, -0.2) is 17.6 Å². The zero-order valence-electron chi connectivity index (χ0n) is 16.3. The van der Waals surface area contributed by atoms with Crippen LogP contribution >= 0.6 is 15.9 Å². The summed E-state index contributed by atoms with van der Waals surface area (Å²) in [5, 5.41) is 0. The Morgan fingerprint density at radius 2 is 1.22 bits per heavy atom. The Bertz CT molecular complexity index is 1290. The van der Waals surface area contributed by atoms with Crippen molar-refractivity contribution in [2.75, 3.05) is 0 Å². The summed E-state index contributed by atoms with van der Waals surface area (Å²) in [5.74, 6) is -6.34. The molecule has 0 aromatic heterocycles. The molecule has 7 heteroatoms. The zero-order chi connectivity index (χ0) is 22.8. The standard InChI is InChI=1S/C25H14BrF5O/c26-19-10-6-15(12-20(19)27)16-7-8-17(23(29)22(16)28)18-9-11-21(25(31)24(18)30)32-13-14-4-2-1-3-5-14/h1-12H,13H2. The Balaban J connectivity index is 1.66. The van der Waals surface area contributed by atoms with E-state index in [2.05, 4.69) is 15.9 Å². The fourth-order valence-electron chi connectivity index (χ4n) is 3.23. The van der Waals surface area contributed by atoms with E-state index >= 15 is 0 Å². The van der Waals surface area contributed by atoms with Crippen molar-refractivity contribution in [3.63, 3.8) is 0 Å². The molecule has 0 amide bonds. The molecule has 0 aliphatic heterocycles. The van der Waals surface area contributed by atoms with Crippen LogP contribution in [-0.4, -0.2) is 0 Å². The number of ether oxygens (including phenoxy) is 1. The average molecular weight is 505 g/mol. The molecule has 0 aliphatic carbocycles. The Hall–Kier alpha value is -3.19. The highest BCUT2D eigenvalue weighted by Gasteiger charge is 2.22. The van der Waals surface area contributed by atoms with E-state index in [1.54, 1.807) is 24.3 Å². The molecular weight excluding hydrogens is 491 g/mol. The van der Waals surface area contributed by atoms with Crippen LogP contribution in [0.4, 0.5) is 22.0 Å². The second-order valence-corrected chi connectivity index (χ2v) is 7.79. The molecule has 0 saturated carbocycles. The van der Waals surface area contributed by atoms with Gasteiger partial charge < -0.3 is 4.74 Å². The van der Waals surface area contributed by atoms with Crippen molar-refractivity contribution in [3.05, 3.63) is 112 Å². The minimum Gasteiger partial charge on any atom is -0.486 e. The number of rotatable bonds is 5. The summed E-state index contributed by atoms with van der Waals surface area (Å²) in [5.41, 5.74) is -0.273. The second-order valence-electron chi connectivity index (χ2n) is 6.93. The van der Waals surface area contributed by atoms with E-state index in [9.17, 15) is 22.0 Å². The zero-order valence-corrected chi connectivity index (χ0v) is 17.9. The minimum absolute atomic E-state index is 0.0119. The molecule has 0 unspecified atom stereocenters. The number of benzene rings is 4. The molecule has 0 fully saturated rings. The second kappa shape index (κ2) is 9.12. The van der Waals surface area contributed by atoms with Crippen LogP contribution in [0, 0.1) is 29.1 Å². The SMILES string of the molecule is Fc1cc(-c2ccc(-c3ccc(OCc4ccccc4)c(F)c3F)c(F)c2F)ccc1Br. The number of hydrogen-bond acceptors (Lipinski definition) is 1. The lowest BCUT2D eigenvalue weighted by molar-refractivity contribution is 0.285. The van der Waals surface area contributed by atoms with Crippen LogP contribution in [0.2, 0.25) is 0 Å². The summed E-state index contributed by atoms with van der Waals surface area (Å²) < 4.78 is 78.1. The van der Waals surface area contributed by atoms with Crippen molar-refractivity contribution in [2.45, 2.75) is 6.61 Å². The summed E-state index contributed by atoms with van der Waals surface area (Å²) in [7, 11) is 0. The predicted molar refractivity (Wildman–Crippen MR) is 116 cm³/mol. The summed E-state index contributed by atoms with van der Waals surface area (Å²) in [6.45, 7) is 0.0119. The van der Waals surface area contributed by atoms with Crippen LogP contribution in [0.25, 0.3) is 22.3 Å². The van der Waals surface area contributed by atoms with E-state index in [-0.39, 0.29) is 28.0 Å². The molecule has 0 radical (unpaired) electrons. The third-order valence-corrected chi connectivity index (χ3v) is 5.53. The monoisotopic (exact) mass is 504 g/mol. The van der Waals surface area contributed by atoms with Gasteiger partial charge in [0.15, 0.2) is 23.2 Å². The van der Waals surface area contributed by atoms with E-state index in [0.717, 1.165) is 29.8 Å². The van der Waals surface area contributed by atoms with Crippen molar-refractivity contribution in [2.24, 2.45) is 0 Å².